The van der Waals surface area contributed by atoms with Gasteiger partial charge in [-0.2, -0.15) is 0 Å². The molecule has 2 heterocycles. The Kier molecular flexibility index (Phi) is 4.98. The number of likely N-dealkylation sites (N-methyl/N-ethyl adjacent to an activating group) is 2. The summed E-state index contributed by atoms with van der Waals surface area (Å²) in [6, 6.07) is 4.99. The van der Waals surface area contributed by atoms with Crippen LogP contribution in [0.4, 0.5) is 0 Å². The SMILES string of the molecule is CN1CCNC(CN(C)CCc2cccs2)C1. The molecule has 17 heavy (non-hydrogen) atoms. The molecule has 1 aliphatic heterocycles. The third kappa shape index (κ3) is 4.39. The smallest absolute Gasteiger partial charge is 0.0322 e. The lowest BCUT2D eigenvalue weighted by Crippen LogP contribution is -2.53. The summed E-state index contributed by atoms with van der Waals surface area (Å²) >= 11 is 1.86. The normalized spacial score (nSPS) is 22.2. The average Bonchev–Trinajstić information content (AvgIpc) is 2.79. The topological polar surface area (TPSA) is 18.5 Å². The van der Waals surface area contributed by atoms with Crippen molar-refractivity contribution in [3.05, 3.63) is 22.4 Å². The van der Waals surface area contributed by atoms with E-state index in [4.69, 9.17) is 0 Å². The Labute approximate surface area is 108 Å². The zero-order chi connectivity index (χ0) is 12.1. The van der Waals surface area contributed by atoms with Crippen LogP contribution in [0.2, 0.25) is 0 Å². The van der Waals surface area contributed by atoms with E-state index >= 15 is 0 Å². The maximum atomic E-state index is 3.59. The first-order valence-electron chi connectivity index (χ1n) is 6.37. The van der Waals surface area contributed by atoms with Gasteiger partial charge >= 0.3 is 0 Å². The molecule has 1 saturated heterocycles. The van der Waals surface area contributed by atoms with Crippen LogP contribution in [0.1, 0.15) is 4.88 Å². The molecule has 0 aliphatic carbocycles. The second kappa shape index (κ2) is 6.50. The van der Waals surface area contributed by atoms with Crippen molar-refractivity contribution in [2.24, 2.45) is 0 Å². The largest absolute Gasteiger partial charge is 0.310 e. The van der Waals surface area contributed by atoms with Crippen LogP contribution in [0.3, 0.4) is 0 Å². The van der Waals surface area contributed by atoms with Crippen molar-refractivity contribution in [1.29, 1.82) is 0 Å². The minimum atomic E-state index is 0.627. The van der Waals surface area contributed by atoms with Crippen molar-refractivity contribution in [1.82, 2.24) is 15.1 Å². The van der Waals surface area contributed by atoms with E-state index in [0.29, 0.717) is 6.04 Å². The first-order chi connectivity index (χ1) is 8.24. The van der Waals surface area contributed by atoms with Crippen LogP contribution in [-0.4, -0.2) is 62.7 Å². The highest BCUT2D eigenvalue weighted by molar-refractivity contribution is 7.09. The third-order valence-corrected chi connectivity index (χ3v) is 4.25. The highest BCUT2D eigenvalue weighted by atomic mass is 32.1. The molecule has 1 aliphatic rings. The van der Waals surface area contributed by atoms with E-state index in [2.05, 4.69) is 46.7 Å². The predicted molar refractivity (Wildman–Crippen MR) is 74.8 cm³/mol. The minimum Gasteiger partial charge on any atom is -0.310 e. The van der Waals surface area contributed by atoms with Crippen molar-refractivity contribution in [3.63, 3.8) is 0 Å². The van der Waals surface area contributed by atoms with Gasteiger partial charge in [-0.05, 0) is 32.0 Å². The third-order valence-electron chi connectivity index (χ3n) is 3.31. The molecule has 96 valence electrons. The lowest BCUT2D eigenvalue weighted by Gasteiger charge is -2.33. The summed E-state index contributed by atoms with van der Waals surface area (Å²) < 4.78 is 0. The number of thiophene rings is 1. The Morgan fingerprint density at radius 3 is 3.18 bits per heavy atom. The van der Waals surface area contributed by atoms with Gasteiger partial charge in [0.2, 0.25) is 0 Å². The van der Waals surface area contributed by atoms with Crippen molar-refractivity contribution < 1.29 is 0 Å². The van der Waals surface area contributed by atoms with E-state index in [1.165, 1.54) is 24.4 Å². The minimum absolute atomic E-state index is 0.627. The van der Waals surface area contributed by atoms with Crippen LogP contribution in [0, 0.1) is 0 Å². The summed E-state index contributed by atoms with van der Waals surface area (Å²) in [5, 5.41) is 5.75. The summed E-state index contributed by atoms with van der Waals surface area (Å²) in [7, 11) is 4.43. The maximum Gasteiger partial charge on any atom is 0.0322 e. The van der Waals surface area contributed by atoms with Crippen molar-refractivity contribution >= 4 is 11.3 Å². The molecule has 0 bridgehead atoms. The lowest BCUT2D eigenvalue weighted by molar-refractivity contribution is 0.196. The summed E-state index contributed by atoms with van der Waals surface area (Å²) in [5.41, 5.74) is 0. The number of nitrogens with one attached hydrogen (secondary N) is 1. The van der Waals surface area contributed by atoms with Crippen molar-refractivity contribution in [3.8, 4) is 0 Å². The van der Waals surface area contributed by atoms with E-state index in [0.717, 1.165) is 19.6 Å². The van der Waals surface area contributed by atoms with E-state index in [9.17, 15) is 0 Å². The average molecular weight is 253 g/mol. The molecule has 2 rings (SSSR count). The summed E-state index contributed by atoms with van der Waals surface area (Å²) in [5.74, 6) is 0. The predicted octanol–water partition coefficient (Wildman–Crippen LogP) is 1.13. The highest BCUT2D eigenvalue weighted by Gasteiger charge is 2.17. The fourth-order valence-corrected chi connectivity index (χ4v) is 3.04. The Hall–Kier alpha value is -0.420. The number of hydrogen-bond acceptors (Lipinski definition) is 4. The van der Waals surface area contributed by atoms with Crippen LogP contribution < -0.4 is 5.32 Å². The van der Waals surface area contributed by atoms with Crippen molar-refractivity contribution in [2.75, 3.05) is 46.8 Å². The highest BCUT2D eigenvalue weighted by Crippen LogP contribution is 2.09. The Morgan fingerprint density at radius 1 is 1.59 bits per heavy atom. The fourth-order valence-electron chi connectivity index (χ4n) is 2.34. The molecule has 1 aromatic rings. The van der Waals surface area contributed by atoms with Gasteiger partial charge in [-0.3, -0.25) is 0 Å². The standard InChI is InChI=1S/C13H23N3S/c1-15(7-5-13-4-3-9-17-13)10-12-11-16(2)8-6-14-12/h3-4,9,12,14H,5-8,10-11H2,1-2H3. The molecule has 0 amide bonds. The number of hydrogen-bond donors (Lipinski definition) is 1. The van der Waals surface area contributed by atoms with Crippen LogP contribution >= 0.6 is 11.3 Å². The van der Waals surface area contributed by atoms with E-state index in [1.54, 1.807) is 0 Å². The van der Waals surface area contributed by atoms with Crippen LogP contribution in [0.15, 0.2) is 17.5 Å². The lowest BCUT2D eigenvalue weighted by atomic mass is 10.2. The molecule has 0 spiro atoms. The summed E-state index contributed by atoms with van der Waals surface area (Å²) in [6.45, 7) is 5.77. The van der Waals surface area contributed by atoms with E-state index < -0.39 is 0 Å². The zero-order valence-corrected chi connectivity index (χ0v) is 11.7. The van der Waals surface area contributed by atoms with Crippen molar-refractivity contribution in [2.45, 2.75) is 12.5 Å². The van der Waals surface area contributed by atoms with Gasteiger partial charge in [-0.15, -0.1) is 11.3 Å². The number of piperazine rings is 1. The van der Waals surface area contributed by atoms with E-state index in [1.807, 2.05) is 11.3 Å². The molecule has 3 nitrogen and oxygen atoms in total. The summed E-state index contributed by atoms with van der Waals surface area (Å²) in [6.07, 6.45) is 1.18. The van der Waals surface area contributed by atoms with Crippen LogP contribution in [-0.2, 0) is 6.42 Å². The second-order valence-electron chi connectivity index (χ2n) is 5.00. The molecule has 1 unspecified atom stereocenters. The quantitative estimate of drug-likeness (QED) is 0.848. The molecular weight excluding hydrogens is 230 g/mol. The number of rotatable bonds is 5. The van der Waals surface area contributed by atoms with Gasteiger partial charge in [-0.25, -0.2) is 0 Å². The Balaban J connectivity index is 1.67. The fraction of sp³-hybridized carbons (Fsp3) is 0.692. The van der Waals surface area contributed by atoms with Gasteiger partial charge in [-0.1, -0.05) is 6.07 Å². The molecule has 1 aromatic heterocycles. The first kappa shape index (κ1) is 13.0. The second-order valence-corrected chi connectivity index (χ2v) is 6.04. The van der Waals surface area contributed by atoms with Crippen LogP contribution in [0.25, 0.3) is 0 Å². The molecule has 0 saturated carbocycles. The first-order valence-corrected chi connectivity index (χ1v) is 7.25. The van der Waals surface area contributed by atoms with E-state index in [-0.39, 0.29) is 0 Å². The van der Waals surface area contributed by atoms with Gasteiger partial charge in [0, 0.05) is 43.6 Å². The molecule has 1 atom stereocenters. The molecular formula is C13H23N3S. The molecule has 1 N–H and O–H groups in total. The molecule has 0 aromatic carbocycles. The molecule has 1 fully saturated rings. The van der Waals surface area contributed by atoms with Gasteiger partial charge < -0.3 is 15.1 Å². The molecule has 0 radical (unpaired) electrons. The van der Waals surface area contributed by atoms with Gasteiger partial charge in [0.25, 0.3) is 0 Å². The molecule has 4 heteroatoms. The van der Waals surface area contributed by atoms with Gasteiger partial charge in [0.1, 0.15) is 0 Å². The zero-order valence-electron chi connectivity index (χ0n) is 10.9. The van der Waals surface area contributed by atoms with Crippen LogP contribution in [0.5, 0.6) is 0 Å². The monoisotopic (exact) mass is 253 g/mol. The summed E-state index contributed by atoms with van der Waals surface area (Å²) in [4.78, 5) is 6.34. The van der Waals surface area contributed by atoms with Gasteiger partial charge in [0.05, 0.1) is 0 Å². The Bertz CT molecular complexity index is 312. The number of nitrogens with zero attached hydrogens (tertiary/aromatic N) is 2. The maximum absolute atomic E-state index is 3.59. The Morgan fingerprint density at radius 2 is 2.47 bits per heavy atom. The van der Waals surface area contributed by atoms with Gasteiger partial charge in [0.15, 0.2) is 0 Å².